The highest BCUT2D eigenvalue weighted by molar-refractivity contribution is 5.93. The lowest BCUT2D eigenvalue weighted by atomic mass is 10.3. The second-order valence-electron chi connectivity index (χ2n) is 4.78. The standard InChI is InChI=1S/C15H21N5O.ClH/c1-3-9-16-10-11-17-15(21)14-12(2)20(19-18-14)13-7-5-4-6-8-13;/h4-8,16H,3,9-11H2,1-2H3,(H,17,21);1H. The smallest absolute Gasteiger partial charge is 0.273 e. The molecule has 22 heavy (non-hydrogen) atoms. The van der Waals surface area contributed by atoms with Crippen LogP contribution in [0.1, 0.15) is 29.5 Å². The molecule has 0 aliphatic rings. The van der Waals surface area contributed by atoms with Gasteiger partial charge in [0.1, 0.15) is 0 Å². The number of amides is 1. The average Bonchev–Trinajstić information content (AvgIpc) is 2.89. The van der Waals surface area contributed by atoms with Crippen LogP contribution in [0, 0.1) is 6.92 Å². The highest BCUT2D eigenvalue weighted by Gasteiger charge is 2.16. The van der Waals surface area contributed by atoms with E-state index < -0.39 is 0 Å². The molecule has 2 rings (SSSR count). The van der Waals surface area contributed by atoms with Gasteiger partial charge < -0.3 is 10.6 Å². The first-order valence-electron chi connectivity index (χ1n) is 7.20. The van der Waals surface area contributed by atoms with Crippen LogP contribution >= 0.6 is 12.4 Å². The van der Waals surface area contributed by atoms with Crippen LogP contribution in [0.15, 0.2) is 30.3 Å². The third-order valence-corrected chi connectivity index (χ3v) is 3.12. The van der Waals surface area contributed by atoms with Crippen LogP contribution in [0.3, 0.4) is 0 Å². The topological polar surface area (TPSA) is 71.8 Å². The van der Waals surface area contributed by atoms with Crippen molar-refractivity contribution in [2.75, 3.05) is 19.6 Å². The number of nitrogens with one attached hydrogen (secondary N) is 2. The normalized spacial score (nSPS) is 10.1. The van der Waals surface area contributed by atoms with E-state index in [9.17, 15) is 4.79 Å². The Labute approximate surface area is 136 Å². The van der Waals surface area contributed by atoms with Gasteiger partial charge in [-0.3, -0.25) is 4.79 Å². The number of carbonyl (C=O) groups is 1. The van der Waals surface area contributed by atoms with Gasteiger partial charge in [0.15, 0.2) is 5.69 Å². The molecular formula is C15H22ClN5O. The van der Waals surface area contributed by atoms with Gasteiger partial charge in [0.2, 0.25) is 0 Å². The Bertz CT molecular complexity index is 585. The molecule has 0 atom stereocenters. The number of nitrogens with zero attached hydrogens (tertiary/aromatic N) is 3. The predicted octanol–water partition coefficient (Wildman–Crippen LogP) is 1.73. The molecule has 1 aromatic heterocycles. The van der Waals surface area contributed by atoms with E-state index in [2.05, 4.69) is 27.9 Å². The molecule has 1 aromatic carbocycles. The first-order valence-corrected chi connectivity index (χ1v) is 7.20. The van der Waals surface area contributed by atoms with E-state index in [1.54, 1.807) is 4.68 Å². The van der Waals surface area contributed by atoms with Gasteiger partial charge in [-0.05, 0) is 32.0 Å². The summed E-state index contributed by atoms with van der Waals surface area (Å²) in [5.41, 5.74) is 2.00. The van der Waals surface area contributed by atoms with Crippen molar-refractivity contribution in [3.63, 3.8) is 0 Å². The summed E-state index contributed by atoms with van der Waals surface area (Å²) < 4.78 is 1.67. The summed E-state index contributed by atoms with van der Waals surface area (Å²) in [6, 6.07) is 9.65. The van der Waals surface area contributed by atoms with E-state index in [0.717, 1.165) is 30.9 Å². The van der Waals surface area contributed by atoms with Crippen molar-refractivity contribution in [1.82, 2.24) is 25.6 Å². The molecule has 1 amide bonds. The number of benzene rings is 1. The molecule has 7 heteroatoms. The van der Waals surface area contributed by atoms with Crippen molar-refractivity contribution in [1.29, 1.82) is 0 Å². The highest BCUT2D eigenvalue weighted by atomic mass is 35.5. The number of hydrogen-bond donors (Lipinski definition) is 2. The molecule has 0 radical (unpaired) electrons. The zero-order valence-corrected chi connectivity index (χ0v) is 13.7. The molecule has 0 spiro atoms. The van der Waals surface area contributed by atoms with Gasteiger partial charge in [-0.25, -0.2) is 4.68 Å². The second kappa shape index (κ2) is 9.17. The van der Waals surface area contributed by atoms with Crippen LogP contribution < -0.4 is 10.6 Å². The fourth-order valence-electron chi connectivity index (χ4n) is 2.00. The van der Waals surface area contributed by atoms with Gasteiger partial charge in [-0.15, -0.1) is 17.5 Å². The van der Waals surface area contributed by atoms with Gasteiger partial charge in [0.25, 0.3) is 5.91 Å². The Morgan fingerprint density at radius 3 is 2.59 bits per heavy atom. The van der Waals surface area contributed by atoms with Crippen LogP contribution in [0.4, 0.5) is 0 Å². The number of rotatable bonds is 7. The molecule has 120 valence electrons. The Morgan fingerprint density at radius 2 is 1.91 bits per heavy atom. The maximum atomic E-state index is 12.1. The molecule has 0 saturated heterocycles. The molecule has 6 nitrogen and oxygen atoms in total. The van der Waals surface area contributed by atoms with Crippen LogP contribution in [0.25, 0.3) is 5.69 Å². The lowest BCUT2D eigenvalue weighted by molar-refractivity contribution is 0.0948. The monoisotopic (exact) mass is 323 g/mol. The number of aromatic nitrogens is 3. The maximum Gasteiger partial charge on any atom is 0.273 e. The van der Waals surface area contributed by atoms with E-state index in [1.807, 2.05) is 37.3 Å². The summed E-state index contributed by atoms with van der Waals surface area (Å²) in [4.78, 5) is 12.1. The molecule has 2 N–H and O–H groups in total. The van der Waals surface area contributed by atoms with Crippen molar-refractivity contribution >= 4 is 18.3 Å². The molecule has 2 aromatic rings. The number of hydrogen-bond acceptors (Lipinski definition) is 4. The van der Waals surface area contributed by atoms with Crippen molar-refractivity contribution in [2.45, 2.75) is 20.3 Å². The minimum absolute atomic E-state index is 0. The zero-order chi connectivity index (χ0) is 15.1. The van der Waals surface area contributed by atoms with Crippen molar-refractivity contribution in [2.24, 2.45) is 0 Å². The summed E-state index contributed by atoms with van der Waals surface area (Å²) >= 11 is 0. The largest absolute Gasteiger partial charge is 0.349 e. The molecular weight excluding hydrogens is 302 g/mol. The fraction of sp³-hybridized carbons (Fsp3) is 0.400. The zero-order valence-electron chi connectivity index (χ0n) is 12.9. The molecule has 0 aliphatic carbocycles. The quantitative estimate of drug-likeness (QED) is 0.761. The van der Waals surface area contributed by atoms with E-state index in [4.69, 9.17) is 0 Å². The summed E-state index contributed by atoms with van der Waals surface area (Å²) in [7, 11) is 0. The van der Waals surface area contributed by atoms with Crippen LogP contribution in [0.5, 0.6) is 0 Å². The molecule has 1 heterocycles. The summed E-state index contributed by atoms with van der Waals surface area (Å²) in [5.74, 6) is -0.187. The lowest BCUT2D eigenvalue weighted by Crippen LogP contribution is -2.32. The Kier molecular flexibility index (Phi) is 7.56. The number of para-hydroxylation sites is 1. The van der Waals surface area contributed by atoms with E-state index in [-0.39, 0.29) is 18.3 Å². The Balaban J connectivity index is 0.00000242. The number of carbonyl (C=O) groups excluding carboxylic acids is 1. The Hall–Kier alpha value is -1.92. The SMILES string of the molecule is CCCNCCNC(=O)c1nnn(-c2ccccc2)c1C.Cl. The maximum absolute atomic E-state index is 12.1. The Morgan fingerprint density at radius 1 is 1.18 bits per heavy atom. The van der Waals surface area contributed by atoms with Crippen LogP contribution in [-0.4, -0.2) is 40.5 Å². The van der Waals surface area contributed by atoms with Gasteiger partial charge >= 0.3 is 0 Å². The first-order chi connectivity index (χ1) is 10.2. The summed E-state index contributed by atoms with van der Waals surface area (Å²) in [6.45, 7) is 6.25. The predicted molar refractivity (Wildman–Crippen MR) is 88.8 cm³/mol. The molecule has 0 saturated carbocycles. The molecule has 0 fully saturated rings. The lowest BCUT2D eigenvalue weighted by Gasteiger charge is -2.05. The fourth-order valence-corrected chi connectivity index (χ4v) is 2.00. The third kappa shape index (κ3) is 4.54. The van der Waals surface area contributed by atoms with E-state index >= 15 is 0 Å². The highest BCUT2D eigenvalue weighted by Crippen LogP contribution is 2.11. The van der Waals surface area contributed by atoms with E-state index in [1.165, 1.54) is 0 Å². The van der Waals surface area contributed by atoms with Gasteiger partial charge in [-0.1, -0.05) is 30.3 Å². The first kappa shape index (κ1) is 18.1. The minimum atomic E-state index is -0.187. The second-order valence-corrected chi connectivity index (χ2v) is 4.78. The van der Waals surface area contributed by atoms with Gasteiger partial charge in [-0.2, -0.15) is 0 Å². The van der Waals surface area contributed by atoms with Crippen molar-refractivity contribution in [3.8, 4) is 5.69 Å². The van der Waals surface area contributed by atoms with Crippen LogP contribution in [0.2, 0.25) is 0 Å². The minimum Gasteiger partial charge on any atom is -0.349 e. The van der Waals surface area contributed by atoms with Crippen molar-refractivity contribution in [3.05, 3.63) is 41.7 Å². The average molecular weight is 324 g/mol. The molecule has 0 aliphatic heterocycles. The van der Waals surface area contributed by atoms with Crippen LogP contribution in [-0.2, 0) is 0 Å². The van der Waals surface area contributed by atoms with Crippen molar-refractivity contribution < 1.29 is 4.79 Å². The third-order valence-electron chi connectivity index (χ3n) is 3.12. The number of halogens is 1. The summed E-state index contributed by atoms with van der Waals surface area (Å²) in [5, 5.41) is 14.1. The molecule has 0 bridgehead atoms. The molecule has 0 unspecified atom stereocenters. The van der Waals surface area contributed by atoms with E-state index in [0.29, 0.717) is 12.2 Å². The summed E-state index contributed by atoms with van der Waals surface area (Å²) in [6.07, 6.45) is 1.08. The van der Waals surface area contributed by atoms with Gasteiger partial charge in [0.05, 0.1) is 11.4 Å². The van der Waals surface area contributed by atoms with Gasteiger partial charge in [0, 0.05) is 13.1 Å².